The van der Waals surface area contributed by atoms with E-state index in [4.69, 9.17) is 0 Å². The van der Waals surface area contributed by atoms with Gasteiger partial charge in [-0.2, -0.15) is 0 Å². The number of carbonyl (C=O) groups excluding carboxylic acids is 1. The number of nitrogens with zero attached hydrogens (tertiary/aromatic N) is 2. The Kier molecular flexibility index (Phi) is 7.53. The molecule has 23 heavy (non-hydrogen) atoms. The minimum absolute atomic E-state index is 0.201. The average molecular weight is 338 g/mol. The van der Waals surface area contributed by atoms with Crippen LogP contribution in [0.1, 0.15) is 37.1 Å². The van der Waals surface area contributed by atoms with Crippen molar-refractivity contribution in [2.75, 3.05) is 39.3 Å². The molecular weight excluding hydrogens is 306 g/mol. The third-order valence-corrected chi connectivity index (χ3v) is 5.92. The molecule has 0 aromatic carbocycles. The normalized spacial score (nSPS) is 16.9. The van der Waals surface area contributed by atoms with Crippen molar-refractivity contribution in [2.24, 2.45) is 5.92 Å². The largest absolute Gasteiger partial charge is 0.355 e. The molecule has 0 radical (unpaired) electrons. The van der Waals surface area contributed by atoms with E-state index in [1.165, 1.54) is 10.4 Å². The van der Waals surface area contributed by atoms with Crippen molar-refractivity contribution in [1.29, 1.82) is 0 Å². The summed E-state index contributed by atoms with van der Waals surface area (Å²) in [6.07, 6.45) is 1.98. The molecule has 1 saturated heterocycles. The number of hydrogen-bond donors (Lipinski definition) is 1. The number of thiophene rings is 1. The topological polar surface area (TPSA) is 35.6 Å². The monoisotopic (exact) mass is 337 g/mol. The van der Waals surface area contributed by atoms with E-state index in [2.05, 4.69) is 47.3 Å². The summed E-state index contributed by atoms with van der Waals surface area (Å²) in [4.78, 5) is 18.6. The molecule has 1 aromatic heterocycles. The number of nitrogens with one attached hydrogen (secondary N) is 1. The van der Waals surface area contributed by atoms with Gasteiger partial charge in [-0.1, -0.05) is 13.8 Å². The van der Waals surface area contributed by atoms with Gasteiger partial charge in [0.1, 0.15) is 0 Å². The van der Waals surface area contributed by atoms with E-state index < -0.39 is 0 Å². The third-order valence-electron chi connectivity index (χ3n) is 4.92. The molecule has 1 aliphatic heterocycles. The molecule has 2 rings (SSSR count). The first-order chi connectivity index (χ1) is 11.1. The van der Waals surface area contributed by atoms with Crippen LogP contribution in [0, 0.1) is 12.8 Å². The molecule has 1 fully saturated rings. The van der Waals surface area contributed by atoms with Crippen LogP contribution in [0.25, 0.3) is 0 Å². The van der Waals surface area contributed by atoms with Crippen LogP contribution in [0.15, 0.2) is 11.4 Å². The van der Waals surface area contributed by atoms with E-state index in [1.54, 1.807) is 0 Å². The Hall–Kier alpha value is -0.910. The summed E-state index contributed by atoms with van der Waals surface area (Å²) < 4.78 is 0. The Morgan fingerprint density at radius 3 is 2.61 bits per heavy atom. The number of carbonyl (C=O) groups is 1. The third kappa shape index (κ3) is 5.59. The first-order valence-electron chi connectivity index (χ1n) is 8.89. The molecule has 1 aromatic rings. The van der Waals surface area contributed by atoms with Gasteiger partial charge in [0.15, 0.2) is 0 Å². The number of aryl methyl sites for hydroxylation is 1. The molecule has 130 valence electrons. The van der Waals surface area contributed by atoms with E-state index in [-0.39, 0.29) is 11.8 Å². The predicted molar refractivity (Wildman–Crippen MR) is 97.9 cm³/mol. The highest BCUT2D eigenvalue weighted by Gasteiger charge is 2.25. The number of piperidine rings is 1. The average Bonchev–Trinajstić information content (AvgIpc) is 2.97. The van der Waals surface area contributed by atoms with Gasteiger partial charge in [0.25, 0.3) is 0 Å². The Labute approximate surface area is 144 Å². The Balaban J connectivity index is 1.67. The van der Waals surface area contributed by atoms with Gasteiger partial charge in [0.2, 0.25) is 5.91 Å². The predicted octanol–water partition coefficient (Wildman–Crippen LogP) is 2.73. The number of amides is 1. The first kappa shape index (κ1) is 18.4. The summed E-state index contributed by atoms with van der Waals surface area (Å²) in [5.41, 5.74) is 1.39. The molecule has 1 aliphatic rings. The summed E-state index contributed by atoms with van der Waals surface area (Å²) in [6, 6.07) is 2.19. The van der Waals surface area contributed by atoms with E-state index in [0.717, 1.165) is 58.7 Å². The number of likely N-dealkylation sites (N-methyl/N-ethyl adjacent to an activating group) is 1. The van der Waals surface area contributed by atoms with Gasteiger partial charge in [0.05, 0.1) is 0 Å². The fourth-order valence-electron chi connectivity index (χ4n) is 3.14. The highest BCUT2D eigenvalue weighted by atomic mass is 32.1. The second-order valence-corrected chi connectivity index (χ2v) is 7.40. The minimum atomic E-state index is 0.201. The van der Waals surface area contributed by atoms with Gasteiger partial charge in [0, 0.05) is 30.4 Å². The van der Waals surface area contributed by atoms with E-state index in [9.17, 15) is 4.79 Å². The zero-order valence-corrected chi connectivity index (χ0v) is 15.6. The van der Waals surface area contributed by atoms with Crippen molar-refractivity contribution in [1.82, 2.24) is 15.1 Å². The van der Waals surface area contributed by atoms with Gasteiger partial charge >= 0.3 is 0 Å². The lowest BCUT2D eigenvalue weighted by Crippen LogP contribution is -2.42. The maximum absolute atomic E-state index is 12.3. The van der Waals surface area contributed by atoms with Gasteiger partial charge < -0.3 is 10.2 Å². The molecule has 1 amide bonds. The lowest BCUT2D eigenvalue weighted by Gasteiger charge is -2.31. The van der Waals surface area contributed by atoms with Crippen molar-refractivity contribution in [2.45, 2.75) is 40.2 Å². The maximum Gasteiger partial charge on any atom is 0.223 e. The van der Waals surface area contributed by atoms with Crippen molar-refractivity contribution in [3.05, 3.63) is 21.9 Å². The molecule has 0 atom stereocenters. The lowest BCUT2D eigenvalue weighted by molar-refractivity contribution is -0.126. The van der Waals surface area contributed by atoms with Crippen molar-refractivity contribution in [3.8, 4) is 0 Å². The molecule has 5 heteroatoms. The first-order valence-corrected chi connectivity index (χ1v) is 9.77. The van der Waals surface area contributed by atoms with Crippen LogP contribution in [-0.2, 0) is 11.3 Å². The zero-order chi connectivity index (χ0) is 16.7. The van der Waals surface area contributed by atoms with Gasteiger partial charge in [-0.25, -0.2) is 0 Å². The number of hydrogen-bond acceptors (Lipinski definition) is 4. The molecule has 2 heterocycles. The standard InChI is InChI=1S/C18H31N3OS/c1-4-20(5-2)12-9-19-18(22)16-6-10-21(11-7-16)14-17-15(3)8-13-23-17/h8,13,16H,4-7,9-12,14H2,1-3H3,(H,19,22). The van der Waals surface area contributed by atoms with Crippen LogP contribution in [-0.4, -0.2) is 55.0 Å². The van der Waals surface area contributed by atoms with Crippen LogP contribution >= 0.6 is 11.3 Å². The van der Waals surface area contributed by atoms with Crippen LogP contribution in [0.3, 0.4) is 0 Å². The quantitative estimate of drug-likeness (QED) is 0.792. The molecule has 0 spiro atoms. The summed E-state index contributed by atoms with van der Waals surface area (Å²) in [6.45, 7) is 13.4. The van der Waals surface area contributed by atoms with Crippen LogP contribution in [0.4, 0.5) is 0 Å². The molecule has 0 saturated carbocycles. The molecule has 0 aliphatic carbocycles. The van der Waals surface area contributed by atoms with Crippen molar-refractivity contribution < 1.29 is 4.79 Å². The fraction of sp³-hybridized carbons (Fsp3) is 0.722. The van der Waals surface area contributed by atoms with Crippen molar-refractivity contribution >= 4 is 17.2 Å². The highest BCUT2D eigenvalue weighted by Crippen LogP contribution is 2.22. The van der Waals surface area contributed by atoms with Gasteiger partial charge in [-0.3, -0.25) is 9.69 Å². The second kappa shape index (κ2) is 9.40. The Morgan fingerprint density at radius 2 is 2.04 bits per heavy atom. The van der Waals surface area contributed by atoms with Crippen LogP contribution in [0.5, 0.6) is 0 Å². The minimum Gasteiger partial charge on any atom is -0.355 e. The molecule has 1 N–H and O–H groups in total. The van der Waals surface area contributed by atoms with Crippen LogP contribution in [0.2, 0.25) is 0 Å². The number of rotatable bonds is 8. The van der Waals surface area contributed by atoms with Gasteiger partial charge in [-0.15, -0.1) is 11.3 Å². The van der Waals surface area contributed by atoms with E-state index in [1.807, 2.05) is 11.3 Å². The zero-order valence-electron chi connectivity index (χ0n) is 14.8. The summed E-state index contributed by atoms with van der Waals surface area (Å²) >= 11 is 1.84. The molecule has 0 unspecified atom stereocenters. The fourth-order valence-corrected chi connectivity index (χ4v) is 4.09. The summed E-state index contributed by atoms with van der Waals surface area (Å²) in [5, 5.41) is 5.29. The summed E-state index contributed by atoms with van der Waals surface area (Å²) in [7, 11) is 0. The molecular formula is C18H31N3OS. The highest BCUT2D eigenvalue weighted by molar-refractivity contribution is 7.10. The van der Waals surface area contributed by atoms with Crippen molar-refractivity contribution in [3.63, 3.8) is 0 Å². The van der Waals surface area contributed by atoms with Crippen LogP contribution < -0.4 is 5.32 Å². The Bertz CT molecular complexity index is 476. The SMILES string of the molecule is CCN(CC)CCNC(=O)C1CCN(Cc2sccc2C)CC1. The van der Waals surface area contributed by atoms with E-state index >= 15 is 0 Å². The van der Waals surface area contributed by atoms with E-state index in [0.29, 0.717) is 0 Å². The maximum atomic E-state index is 12.3. The second-order valence-electron chi connectivity index (χ2n) is 6.40. The Morgan fingerprint density at radius 1 is 1.35 bits per heavy atom. The number of likely N-dealkylation sites (tertiary alicyclic amines) is 1. The lowest BCUT2D eigenvalue weighted by atomic mass is 9.96. The summed E-state index contributed by atoms with van der Waals surface area (Å²) in [5.74, 6) is 0.455. The smallest absolute Gasteiger partial charge is 0.223 e. The molecule has 4 nitrogen and oxygen atoms in total. The molecule has 0 bridgehead atoms. The van der Waals surface area contributed by atoms with Gasteiger partial charge in [-0.05, 0) is 63.0 Å².